The number of hydrogen-bond donors (Lipinski definition) is 1. The summed E-state index contributed by atoms with van der Waals surface area (Å²) in [5.41, 5.74) is 1.49. The quantitative estimate of drug-likeness (QED) is 0.545. The number of pyridine rings is 1. The molecule has 2 heterocycles. The molecule has 2 unspecified atom stereocenters. The van der Waals surface area contributed by atoms with Crippen molar-refractivity contribution in [1.82, 2.24) is 24.7 Å². The molecule has 9 heteroatoms. The van der Waals surface area contributed by atoms with E-state index in [1.165, 1.54) is 0 Å². The lowest BCUT2D eigenvalue weighted by Crippen LogP contribution is -2.42. The summed E-state index contributed by atoms with van der Waals surface area (Å²) < 4.78 is 18.2. The Kier molecular flexibility index (Phi) is 6.48. The third kappa shape index (κ3) is 6.17. The van der Waals surface area contributed by atoms with Crippen LogP contribution in [0.2, 0.25) is 19.6 Å². The van der Waals surface area contributed by atoms with Gasteiger partial charge in [-0.15, -0.1) is 9.82 Å². The Labute approximate surface area is 162 Å². The zero-order valence-electron chi connectivity index (χ0n) is 15.6. The molecule has 0 aliphatic rings. The molecule has 1 N–H and O–H groups in total. The molecule has 0 fully saturated rings. The number of aromatic nitrogens is 4. The zero-order chi connectivity index (χ0) is 18.8. The topological polar surface area (TPSA) is 78.7 Å². The van der Waals surface area contributed by atoms with E-state index in [2.05, 4.69) is 55.6 Å². The van der Waals surface area contributed by atoms with Crippen LogP contribution in [-0.4, -0.2) is 37.4 Å². The van der Waals surface area contributed by atoms with Crippen LogP contribution in [0.4, 0.5) is 0 Å². The number of hydrogen-bond acceptors (Lipinski definition) is 5. The Morgan fingerprint density at radius 2 is 1.96 bits per heavy atom. The summed E-state index contributed by atoms with van der Waals surface area (Å²) in [5, 5.41) is 8.58. The second-order valence-corrected chi connectivity index (χ2v) is 16.6. The predicted octanol–water partition coefficient (Wildman–Crippen LogP) is 3.45. The van der Waals surface area contributed by atoms with E-state index in [1.54, 1.807) is 6.20 Å². The molecule has 138 valence electrons. The van der Waals surface area contributed by atoms with Crippen molar-refractivity contribution >= 4 is 35.4 Å². The number of nitrogens with one attached hydrogen (secondary N) is 1. The van der Waals surface area contributed by atoms with Gasteiger partial charge in [-0.1, -0.05) is 24.9 Å². The van der Waals surface area contributed by atoms with Crippen LogP contribution in [0.5, 0.6) is 0 Å². The maximum Gasteiger partial charge on any atom is 0.140 e. The Morgan fingerprint density at radius 1 is 1.28 bits per heavy atom. The summed E-state index contributed by atoms with van der Waals surface area (Å²) in [4.78, 5) is 4.46. The lowest BCUT2D eigenvalue weighted by atomic mass is 10.1. The van der Waals surface area contributed by atoms with E-state index in [0.29, 0.717) is 0 Å². The van der Waals surface area contributed by atoms with Crippen LogP contribution >= 0.6 is 15.9 Å². The first-order valence-corrected chi connectivity index (χ1v) is 13.8. The fraction of sp³-hybridized carbons (Fsp3) is 0.562. The van der Waals surface area contributed by atoms with Gasteiger partial charge in [-0.2, -0.15) is 0 Å². The Balaban J connectivity index is 2.33. The van der Waals surface area contributed by atoms with Crippen molar-refractivity contribution in [3.05, 3.63) is 40.4 Å². The van der Waals surface area contributed by atoms with Crippen LogP contribution in [0.25, 0.3) is 0 Å². The molecule has 0 amide bonds. The molecule has 0 aromatic carbocycles. The molecular formula is C16H26BrN5OSSi. The van der Waals surface area contributed by atoms with Crippen molar-refractivity contribution in [2.24, 2.45) is 0 Å². The summed E-state index contributed by atoms with van der Waals surface area (Å²) in [6.07, 6.45) is 4.55. The van der Waals surface area contributed by atoms with Gasteiger partial charge >= 0.3 is 0 Å². The van der Waals surface area contributed by atoms with Crippen LogP contribution in [0.15, 0.2) is 29.0 Å². The van der Waals surface area contributed by atoms with Gasteiger partial charge in [0.1, 0.15) is 16.5 Å². The van der Waals surface area contributed by atoms with Crippen LogP contribution in [-0.2, 0) is 17.5 Å². The van der Waals surface area contributed by atoms with Gasteiger partial charge in [0.05, 0.1) is 20.0 Å². The van der Waals surface area contributed by atoms with Gasteiger partial charge in [0, 0.05) is 28.2 Å². The highest BCUT2D eigenvalue weighted by molar-refractivity contribution is 9.10. The van der Waals surface area contributed by atoms with E-state index in [-0.39, 0.29) is 10.8 Å². The smallest absolute Gasteiger partial charge is 0.140 e. The first kappa shape index (κ1) is 20.6. The van der Waals surface area contributed by atoms with E-state index in [0.717, 1.165) is 22.0 Å². The minimum Gasteiger partial charge on any atom is -0.598 e. The van der Waals surface area contributed by atoms with Gasteiger partial charge in [-0.25, -0.2) is 0 Å². The molecule has 6 nitrogen and oxygen atoms in total. The first-order chi connectivity index (χ1) is 11.5. The van der Waals surface area contributed by atoms with E-state index in [9.17, 15) is 4.55 Å². The largest absolute Gasteiger partial charge is 0.598 e. The minimum absolute atomic E-state index is 0.372. The van der Waals surface area contributed by atoms with Crippen molar-refractivity contribution in [1.29, 1.82) is 0 Å². The van der Waals surface area contributed by atoms with Crippen molar-refractivity contribution in [2.45, 2.75) is 57.4 Å². The van der Waals surface area contributed by atoms with Crippen LogP contribution in [0, 0.1) is 0 Å². The minimum atomic E-state index is -1.31. The molecule has 0 radical (unpaired) electrons. The van der Waals surface area contributed by atoms with E-state index >= 15 is 0 Å². The molecule has 0 spiro atoms. The maximum atomic E-state index is 12.6. The van der Waals surface area contributed by atoms with Crippen molar-refractivity contribution in [3.8, 4) is 0 Å². The van der Waals surface area contributed by atoms with Gasteiger partial charge < -0.3 is 4.55 Å². The molecule has 2 atom stereocenters. The second kappa shape index (κ2) is 7.87. The van der Waals surface area contributed by atoms with E-state index in [1.807, 2.05) is 43.8 Å². The number of halogens is 1. The third-order valence-corrected chi connectivity index (χ3v) is 6.62. The molecule has 0 saturated heterocycles. The van der Waals surface area contributed by atoms with E-state index < -0.39 is 19.4 Å². The lowest BCUT2D eigenvalue weighted by Gasteiger charge is -2.27. The highest BCUT2D eigenvalue weighted by Gasteiger charge is 2.32. The van der Waals surface area contributed by atoms with Crippen LogP contribution < -0.4 is 4.72 Å². The Hall–Kier alpha value is -0.743. The highest BCUT2D eigenvalue weighted by Crippen LogP contribution is 2.24. The highest BCUT2D eigenvalue weighted by atomic mass is 79.9. The molecule has 0 aliphatic carbocycles. The standard InChI is InChI=1S/C16H26BrN5OSSi/c1-16(2,3)24(23)20-15(13-8-7-12(17)9-18-13)14-10-22(21-19-14)11-25(4,5)6/h7-10,15,20H,11H2,1-6H3. The summed E-state index contributed by atoms with van der Waals surface area (Å²) >= 11 is 2.15. The summed E-state index contributed by atoms with van der Waals surface area (Å²) in [6, 6.07) is 3.45. The lowest BCUT2D eigenvalue weighted by molar-refractivity contribution is 0.532. The fourth-order valence-electron chi connectivity index (χ4n) is 2.12. The fourth-order valence-corrected chi connectivity index (χ4v) is 4.29. The number of rotatable bonds is 6. The summed E-state index contributed by atoms with van der Waals surface area (Å²) in [7, 11) is -1.31. The normalized spacial score (nSPS) is 15.2. The van der Waals surface area contributed by atoms with Crippen LogP contribution in [0.3, 0.4) is 0 Å². The summed E-state index contributed by atoms with van der Waals surface area (Å²) in [5.74, 6) is 0. The molecule has 2 aromatic heterocycles. The third-order valence-electron chi connectivity index (χ3n) is 3.32. The Morgan fingerprint density at radius 3 is 2.48 bits per heavy atom. The zero-order valence-corrected chi connectivity index (χ0v) is 19.0. The van der Waals surface area contributed by atoms with Crippen molar-refractivity contribution < 1.29 is 4.55 Å². The molecule has 25 heavy (non-hydrogen) atoms. The maximum absolute atomic E-state index is 12.6. The average Bonchev–Trinajstić information content (AvgIpc) is 2.90. The van der Waals surface area contributed by atoms with Gasteiger partial charge in [-0.05, 0) is 48.8 Å². The van der Waals surface area contributed by atoms with Crippen molar-refractivity contribution in [2.75, 3.05) is 0 Å². The molecular weight excluding hydrogens is 418 g/mol. The van der Waals surface area contributed by atoms with Gasteiger partial charge in [0.2, 0.25) is 0 Å². The van der Waals surface area contributed by atoms with Crippen molar-refractivity contribution in [3.63, 3.8) is 0 Å². The van der Waals surface area contributed by atoms with Gasteiger partial charge in [0.25, 0.3) is 0 Å². The summed E-state index contributed by atoms with van der Waals surface area (Å²) in [6.45, 7) is 12.7. The first-order valence-electron chi connectivity index (χ1n) is 8.15. The molecule has 2 aromatic rings. The van der Waals surface area contributed by atoms with Crippen LogP contribution in [0.1, 0.15) is 38.2 Å². The molecule has 0 saturated carbocycles. The Bertz CT molecular complexity index is 696. The SMILES string of the molecule is CC(C)(C)[S+]([O-])NC(c1ccc(Br)cn1)c1cn(C[Si](C)(C)C)nn1. The molecule has 0 bridgehead atoms. The molecule has 0 aliphatic heterocycles. The van der Waals surface area contributed by atoms with Gasteiger partial charge in [0.15, 0.2) is 0 Å². The predicted molar refractivity (Wildman–Crippen MR) is 108 cm³/mol. The monoisotopic (exact) mass is 443 g/mol. The van der Waals surface area contributed by atoms with E-state index in [4.69, 9.17) is 0 Å². The second-order valence-electron chi connectivity index (χ2n) is 8.23. The number of nitrogens with zero attached hydrogens (tertiary/aromatic N) is 4. The molecule has 2 rings (SSSR count). The van der Waals surface area contributed by atoms with Gasteiger partial charge in [-0.3, -0.25) is 9.67 Å². The average molecular weight is 444 g/mol.